The van der Waals surface area contributed by atoms with Gasteiger partial charge >= 0.3 is 0 Å². The average Bonchev–Trinajstić information content (AvgIpc) is 2.56. The Kier molecular flexibility index (Phi) is 4.58. The smallest absolute Gasteiger partial charge is 0.159 e. The highest BCUT2D eigenvalue weighted by Crippen LogP contribution is 2.11. The molecule has 0 aromatic carbocycles. The molecule has 12 heavy (non-hydrogen) atoms. The van der Waals surface area contributed by atoms with E-state index in [1.807, 2.05) is 0 Å². The van der Waals surface area contributed by atoms with Gasteiger partial charge in [0.25, 0.3) is 0 Å². The monoisotopic (exact) mass is 173 g/mol. The molecule has 0 aliphatic carbocycles. The summed E-state index contributed by atoms with van der Waals surface area (Å²) in [6.45, 7) is 6.84. The van der Waals surface area contributed by atoms with Crippen molar-refractivity contribution in [2.45, 2.75) is 39.0 Å². The van der Waals surface area contributed by atoms with Crippen LogP contribution in [0.1, 0.15) is 26.7 Å². The molecule has 3 heteroatoms. The third kappa shape index (κ3) is 3.09. The standard InChI is InChI=1S/C9H19NO2/c1-3-8(10-4-2)7-9-11-5-6-12-9/h8-10H,3-7H2,1-2H3. The summed E-state index contributed by atoms with van der Waals surface area (Å²) in [4.78, 5) is 0. The predicted octanol–water partition coefficient (Wildman–Crippen LogP) is 1.14. The van der Waals surface area contributed by atoms with E-state index in [0.29, 0.717) is 6.04 Å². The second kappa shape index (κ2) is 5.51. The zero-order chi connectivity index (χ0) is 8.81. The number of hydrogen-bond acceptors (Lipinski definition) is 3. The Morgan fingerprint density at radius 3 is 2.50 bits per heavy atom. The Balaban J connectivity index is 2.16. The summed E-state index contributed by atoms with van der Waals surface area (Å²) < 4.78 is 10.7. The summed E-state index contributed by atoms with van der Waals surface area (Å²) in [5, 5.41) is 3.40. The highest BCUT2D eigenvalue weighted by molar-refractivity contribution is 4.67. The highest BCUT2D eigenvalue weighted by Gasteiger charge is 2.19. The molecule has 72 valence electrons. The normalized spacial score (nSPS) is 21.5. The van der Waals surface area contributed by atoms with Gasteiger partial charge in [-0.05, 0) is 13.0 Å². The quantitative estimate of drug-likeness (QED) is 0.676. The third-order valence-corrected chi connectivity index (χ3v) is 2.15. The van der Waals surface area contributed by atoms with E-state index in [2.05, 4.69) is 19.2 Å². The summed E-state index contributed by atoms with van der Waals surface area (Å²) in [5.41, 5.74) is 0. The minimum absolute atomic E-state index is 0.0361. The van der Waals surface area contributed by atoms with Crippen LogP contribution in [0.2, 0.25) is 0 Å². The van der Waals surface area contributed by atoms with E-state index in [1.54, 1.807) is 0 Å². The summed E-state index contributed by atoms with van der Waals surface area (Å²) in [5.74, 6) is 0. The van der Waals surface area contributed by atoms with E-state index in [1.165, 1.54) is 0 Å². The second-order valence-corrected chi connectivity index (χ2v) is 3.07. The van der Waals surface area contributed by atoms with Crippen LogP contribution in [0.4, 0.5) is 0 Å². The first-order chi connectivity index (χ1) is 5.86. The maximum Gasteiger partial charge on any atom is 0.159 e. The van der Waals surface area contributed by atoms with Crippen LogP contribution in [0.3, 0.4) is 0 Å². The van der Waals surface area contributed by atoms with Crippen LogP contribution in [-0.2, 0) is 9.47 Å². The van der Waals surface area contributed by atoms with E-state index in [9.17, 15) is 0 Å². The van der Waals surface area contributed by atoms with Crippen molar-refractivity contribution in [3.63, 3.8) is 0 Å². The highest BCUT2D eigenvalue weighted by atomic mass is 16.7. The van der Waals surface area contributed by atoms with Crippen molar-refractivity contribution in [2.24, 2.45) is 0 Å². The zero-order valence-electron chi connectivity index (χ0n) is 8.01. The molecule has 1 atom stereocenters. The minimum Gasteiger partial charge on any atom is -0.350 e. The van der Waals surface area contributed by atoms with Gasteiger partial charge in [-0.25, -0.2) is 0 Å². The molecule has 0 aromatic rings. The lowest BCUT2D eigenvalue weighted by molar-refractivity contribution is -0.0528. The van der Waals surface area contributed by atoms with Gasteiger partial charge in [-0.15, -0.1) is 0 Å². The summed E-state index contributed by atoms with van der Waals surface area (Å²) in [6.07, 6.45) is 2.15. The fraction of sp³-hybridized carbons (Fsp3) is 1.00. The Morgan fingerprint density at radius 2 is 2.00 bits per heavy atom. The average molecular weight is 173 g/mol. The Bertz CT molecular complexity index is 113. The van der Waals surface area contributed by atoms with Crippen LogP contribution in [0.25, 0.3) is 0 Å². The Labute approximate surface area is 74.4 Å². The van der Waals surface area contributed by atoms with Crippen LogP contribution < -0.4 is 5.32 Å². The third-order valence-electron chi connectivity index (χ3n) is 2.15. The predicted molar refractivity (Wildman–Crippen MR) is 48.1 cm³/mol. The van der Waals surface area contributed by atoms with E-state index in [0.717, 1.165) is 32.6 Å². The number of ether oxygens (including phenoxy) is 2. The van der Waals surface area contributed by atoms with Crippen LogP contribution in [0, 0.1) is 0 Å². The van der Waals surface area contributed by atoms with Crippen LogP contribution >= 0.6 is 0 Å². The topological polar surface area (TPSA) is 30.5 Å². The van der Waals surface area contributed by atoms with E-state index in [-0.39, 0.29) is 6.29 Å². The molecule has 1 rings (SSSR count). The van der Waals surface area contributed by atoms with Crippen molar-refractivity contribution in [3.05, 3.63) is 0 Å². The first-order valence-corrected chi connectivity index (χ1v) is 4.83. The molecule has 1 aliphatic rings. The molecule has 0 aromatic heterocycles. The van der Waals surface area contributed by atoms with Gasteiger partial charge in [-0.1, -0.05) is 13.8 Å². The van der Waals surface area contributed by atoms with Gasteiger partial charge in [0.15, 0.2) is 6.29 Å². The van der Waals surface area contributed by atoms with Crippen molar-refractivity contribution < 1.29 is 9.47 Å². The lowest BCUT2D eigenvalue weighted by Crippen LogP contribution is -2.32. The summed E-state index contributed by atoms with van der Waals surface area (Å²) >= 11 is 0. The zero-order valence-corrected chi connectivity index (χ0v) is 8.01. The molecular weight excluding hydrogens is 154 g/mol. The number of hydrogen-bond donors (Lipinski definition) is 1. The van der Waals surface area contributed by atoms with E-state index < -0.39 is 0 Å². The Hall–Kier alpha value is -0.120. The van der Waals surface area contributed by atoms with Gasteiger partial charge in [0.05, 0.1) is 13.2 Å². The maximum absolute atomic E-state index is 5.37. The fourth-order valence-electron chi connectivity index (χ4n) is 1.46. The van der Waals surface area contributed by atoms with Gasteiger partial charge in [-0.2, -0.15) is 0 Å². The Morgan fingerprint density at radius 1 is 1.33 bits per heavy atom. The van der Waals surface area contributed by atoms with Crippen molar-refractivity contribution in [2.75, 3.05) is 19.8 Å². The first kappa shape index (κ1) is 9.96. The lowest BCUT2D eigenvalue weighted by atomic mass is 10.1. The molecular formula is C9H19NO2. The van der Waals surface area contributed by atoms with Crippen LogP contribution in [0.15, 0.2) is 0 Å². The number of rotatable bonds is 5. The number of nitrogens with one attached hydrogen (secondary N) is 1. The molecule has 1 heterocycles. The lowest BCUT2D eigenvalue weighted by Gasteiger charge is -2.18. The van der Waals surface area contributed by atoms with Crippen molar-refractivity contribution in [3.8, 4) is 0 Å². The summed E-state index contributed by atoms with van der Waals surface area (Å²) in [7, 11) is 0. The van der Waals surface area contributed by atoms with Crippen LogP contribution in [0.5, 0.6) is 0 Å². The molecule has 1 N–H and O–H groups in total. The maximum atomic E-state index is 5.37. The molecule has 1 saturated heterocycles. The molecule has 1 fully saturated rings. The van der Waals surface area contributed by atoms with Crippen molar-refractivity contribution >= 4 is 0 Å². The first-order valence-electron chi connectivity index (χ1n) is 4.83. The molecule has 1 unspecified atom stereocenters. The van der Waals surface area contributed by atoms with Gasteiger partial charge in [0.2, 0.25) is 0 Å². The minimum atomic E-state index is 0.0361. The van der Waals surface area contributed by atoms with Gasteiger partial charge in [0, 0.05) is 12.5 Å². The molecule has 0 amide bonds. The van der Waals surface area contributed by atoms with Crippen LogP contribution in [-0.4, -0.2) is 32.1 Å². The van der Waals surface area contributed by atoms with Gasteiger partial charge < -0.3 is 14.8 Å². The summed E-state index contributed by atoms with van der Waals surface area (Å²) in [6, 6.07) is 0.540. The second-order valence-electron chi connectivity index (χ2n) is 3.07. The van der Waals surface area contributed by atoms with Crippen molar-refractivity contribution in [1.82, 2.24) is 5.32 Å². The van der Waals surface area contributed by atoms with E-state index >= 15 is 0 Å². The van der Waals surface area contributed by atoms with Crippen molar-refractivity contribution in [1.29, 1.82) is 0 Å². The molecule has 0 bridgehead atoms. The van der Waals surface area contributed by atoms with Gasteiger partial charge in [0.1, 0.15) is 0 Å². The SMILES string of the molecule is CCNC(CC)CC1OCCO1. The van der Waals surface area contributed by atoms with E-state index in [4.69, 9.17) is 9.47 Å². The molecule has 1 aliphatic heterocycles. The molecule has 0 radical (unpaired) electrons. The molecule has 3 nitrogen and oxygen atoms in total. The largest absolute Gasteiger partial charge is 0.350 e. The fourth-order valence-corrected chi connectivity index (χ4v) is 1.46. The molecule has 0 saturated carbocycles. The molecule has 0 spiro atoms. The van der Waals surface area contributed by atoms with Gasteiger partial charge in [-0.3, -0.25) is 0 Å².